The maximum absolute atomic E-state index is 10.8. The van der Waals surface area contributed by atoms with Crippen LogP contribution in [0.3, 0.4) is 0 Å². The molecule has 0 aliphatic heterocycles. The first-order chi connectivity index (χ1) is 6.20. The van der Waals surface area contributed by atoms with Gasteiger partial charge in [0, 0.05) is 18.0 Å². The molecule has 68 valence electrons. The monoisotopic (exact) mass is 217 g/mol. The summed E-state index contributed by atoms with van der Waals surface area (Å²) in [6.45, 7) is 0. The summed E-state index contributed by atoms with van der Waals surface area (Å²) in [4.78, 5) is 0. The summed E-state index contributed by atoms with van der Waals surface area (Å²) in [5.41, 5.74) is 0.932. The summed E-state index contributed by atoms with van der Waals surface area (Å²) >= 11 is -2.16. The summed E-state index contributed by atoms with van der Waals surface area (Å²) in [7, 11) is 1.74. The molecule has 0 N–H and O–H groups in total. The van der Waals surface area contributed by atoms with Crippen LogP contribution >= 0.6 is 0 Å². The van der Waals surface area contributed by atoms with Gasteiger partial charge in [0.1, 0.15) is 0 Å². The standard InChI is InChI=1S/C9H9NO2S.Na/c1-10-8-5-3-2-4-7(8)6-9(10)13(11)12;/h2-6H,1H3,(H,11,12);/q;+1/p-1. The Morgan fingerprint density at radius 2 is 2.00 bits per heavy atom. The molecule has 3 nitrogen and oxygen atoms in total. The Hall–Kier alpha value is -0.130. The van der Waals surface area contributed by atoms with E-state index in [1.807, 2.05) is 24.3 Å². The molecule has 0 bridgehead atoms. The first kappa shape index (κ1) is 11.9. The number of para-hydroxylation sites is 1. The Morgan fingerprint density at radius 1 is 1.36 bits per heavy atom. The zero-order valence-corrected chi connectivity index (χ0v) is 10.9. The van der Waals surface area contributed by atoms with E-state index in [2.05, 4.69) is 0 Å². The van der Waals surface area contributed by atoms with Crippen molar-refractivity contribution in [1.29, 1.82) is 0 Å². The third-order valence-corrected chi connectivity index (χ3v) is 2.81. The van der Waals surface area contributed by atoms with Crippen LogP contribution in [-0.2, 0) is 18.1 Å². The van der Waals surface area contributed by atoms with E-state index in [4.69, 9.17) is 0 Å². The Labute approximate surface area is 107 Å². The maximum Gasteiger partial charge on any atom is 1.00 e. The average molecular weight is 217 g/mol. The predicted molar refractivity (Wildman–Crippen MR) is 50.1 cm³/mol. The van der Waals surface area contributed by atoms with E-state index in [0.717, 1.165) is 10.9 Å². The van der Waals surface area contributed by atoms with Gasteiger partial charge in [0.2, 0.25) is 0 Å². The molecule has 0 saturated heterocycles. The van der Waals surface area contributed by atoms with Gasteiger partial charge in [-0.2, -0.15) is 0 Å². The van der Waals surface area contributed by atoms with Crippen LogP contribution in [0.4, 0.5) is 0 Å². The van der Waals surface area contributed by atoms with Crippen molar-refractivity contribution in [3.63, 3.8) is 0 Å². The van der Waals surface area contributed by atoms with Crippen molar-refractivity contribution in [2.75, 3.05) is 0 Å². The van der Waals surface area contributed by atoms with Crippen LogP contribution < -0.4 is 29.6 Å². The normalized spacial score (nSPS) is 12.4. The van der Waals surface area contributed by atoms with E-state index in [1.54, 1.807) is 17.7 Å². The zero-order chi connectivity index (χ0) is 9.42. The van der Waals surface area contributed by atoms with Crippen molar-refractivity contribution >= 4 is 22.0 Å². The van der Waals surface area contributed by atoms with Crippen LogP contribution in [0.15, 0.2) is 35.4 Å². The van der Waals surface area contributed by atoms with Crippen LogP contribution in [0.5, 0.6) is 0 Å². The number of fused-ring (bicyclic) bond motifs is 1. The van der Waals surface area contributed by atoms with Gasteiger partial charge in [-0.3, -0.25) is 4.21 Å². The molecule has 1 atom stereocenters. The van der Waals surface area contributed by atoms with Crippen LogP contribution in [0.25, 0.3) is 10.9 Å². The zero-order valence-electron chi connectivity index (χ0n) is 8.06. The van der Waals surface area contributed by atoms with Gasteiger partial charge in [-0.25, -0.2) is 0 Å². The summed E-state index contributed by atoms with van der Waals surface area (Å²) < 4.78 is 23.2. The van der Waals surface area contributed by atoms with Crippen molar-refractivity contribution in [3.05, 3.63) is 30.3 Å². The molecule has 0 amide bonds. The number of aromatic nitrogens is 1. The van der Waals surface area contributed by atoms with Crippen LogP contribution in [0, 0.1) is 0 Å². The molecule has 5 heteroatoms. The second-order valence-electron chi connectivity index (χ2n) is 2.84. The van der Waals surface area contributed by atoms with Crippen molar-refractivity contribution in [3.8, 4) is 0 Å². The van der Waals surface area contributed by atoms with Gasteiger partial charge in [0.25, 0.3) is 0 Å². The molecular formula is C9H8NNaO2S. The van der Waals surface area contributed by atoms with E-state index in [-0.39, 0.29) is 29.6 Å². The van der Waals surface area contributed by atoms with Gasteiger partial charge < -0.3 is 9.12 Å². The smallest absolute Gasteiger partial charge is 0.767 e. The topological polar surface area (TPSA) is 45.1 Å². The molecule has 0 aliphatic carbocycles. The fourth-order valence-corrected chi connectivity index (χ4v) is 1.97. The van der Waals surface area contributed by atoms with Gasteiger partial charge in [-0.05, 0) is 23.2 Å². The Morgan fingerprint density at radius 3 is 2.57 bits per heavy atom. The number of hydrogen-bond donors (Lipinski definition) is 0. The molecule has 0 radical (unpaired) electrons. The second kappa shape index (κ2) is 4.59. The minimum absolute atomic E-state index is 0. The van der Waals surface area contributed by atoms with E-state index >= 15 is 0 Å². The van der Waals surface area contributed by atoms with Crippen molar-refractivity contribution in [1.82, 2.24) is 4.57 Å². The third kappa shape index (κ3) is 1.94. The molecule has 0 fully saturated rings. The fourth-order valence-electron chi connectivity index (χ4n) is 1.42. The molecule has 0 spiro atoms. The molecule has 1 aromatic carbocycles. The summed E-state index contributed by atoms with van der Waals surface area (Å²) in [6.07, 6.45) is 0. The van der Waals surface area contributed by atoms with E-state index in [1.165, 1.54) is 0 Å². The van der Waals surface area contributed by atoms with E-state index in [0.29, 0.717) is 5.03 Å². The summed E-state index contributed by atoms with van der Waals surface area (Å²) in [5.74, 6) is 0. The van der Waals surface area contributed by atoms with Gasteiger partial charge in [0.15, 0.2) is 0 Å². The van der Waals surface area contributed by atoms with Crippen molar-refractivity contribution < 1.29 is 38.3 Å². The largest absolute Gasteiger partial charge is 1.00 e. The molecule has 2 rings (SSSR count). The number of benzene rings is 1. The fraction of sp³-hybridized carbons (Fsp3) is 0.111. The Bertz CT molecular complexity index is 481. The molecule has 1 heterocycles. The predicted octanol–water partition coefficient (Wildman–Crippen LogP) is -1.58. The minimum atomic E-state index is -2.16. The van der Waals surface area contributed by atoms with Gasteiger partial charge in [-0.1, -0.05) is 18.2 Å². The summed E-state index contributed by atoms with van der Waals surface area (Å²) in [6, 6.07) is 9.23. The second-order valence-corrected chi connectivity index (χ2v) is 3.72. The first-order valence-electron chi connectivity index (χ1n) is 3.84. The van der Waals surface area contributed by atoms with Gasteiger partial charge >= 0.3 is 29.6 Å². The molecule has 14 heavy (non-hydrogen) atoms. The molecule has 1 unspecified atom stereocenters. The van der Waals surface area contributed by atoms with Crippen molar-refractivity contribution in [2.24, 2.45) is 7.05 Å². The number of nitrogens with zero attached hydrogens (tertiary/aromatic N) is 1. The van der Waals surface area contributed by atoms with Crippen LogP contribution in [0.2, 0.25) is 0 Å². The maximum atomic E-state index is 10.8. The third-order valence-electron chi connectivity index (χ3n) is 2.08. The van der Waals surface area contributed by atoms with E-state index in [9.17, 15) is 8.76 Å². The Balaban J connectivity index is 0.000000980. The van der Waals surface area contributed by atoms with Gasteiger partial charge in [0.05, 0.1) is 5.03 Å². The SMILES string of the molecule is Cn1c(S(=O)[O-])cc2ccccc21.[Na+]. The number of rotatable bonds is 1. The molecule has 0 saturated carbocycles. The average Bonchev–Trinajstić information content (AvgIpc) is 2.45. The van der Waals surface area contributed by atoms with Crippen LogP contribution in [-0.4, -0.2) is 13.3 Å². The Kier molecular flexibility index (Phi) is 3.92. The molecular weight excluding hydrogens is 209 g/mol. The van der Waals surface area contributed by atoms with Gasteiger partial charge in [-0.15, -0.1) is 0 Å². The molecule has 1 aromatic heterocycles. The minimum Gasteiger partial charge on any atom is -0.767 e. The van der Waals surface area contributed by atoms with Crippen LogP contribution in [0.1, 0.15) is 0 Å². The first-order valence-corrected chi connectivity index (χ1v) is 4.91. The summed E-state index contributed by atoms with van der Waals surface area (Å²) in [5, 5.41) is 1.27. The number of aryl methyl sites for hydroxylation is 1. The van der Waals surface area contributed by atoms with E-state index < -0.39 is 11.1 Å². The molecule has 0 aliphatic rings. The quantitative estimate of drug-likeness (QED) is 0.427. The van der Waals surface area contributed by atoms with Crippen molar-refractivity contribution in [2.45, 2.75) is 5.03 Å². The molecule has 2 aromatic rings. The number of hydrogen-bond acceptors (Lipinski definition) is 2.